The molecule has 0 radical (unpaired) electrons. The fourth-order valence-electron chi connectivity index (χ4n) is 1.42. The minimum absolute atomic E-state index is 0.642. The van der Waals surface area contributed by atoms with Crippen LogP contribution in [0.15, 0.2) is 11.1 Å². The Morgan fingerprint density at radius 1 is 1.42 bits per heavy atom. The largest absolute Gasteiger partial charge is 0.494 e. The van der Waals surface area contributed by atoms with Gasteiger partial charge in [-0.15, -0.1) is 0 Å². The molecule has 0 saturated carbocycles. The van der Waals surface area contributed by atoms with Crippen LogP contribution in [-0.2, 0) is 11.3 Å². The van der Waals surface area contributed by atoms with E-state index in [1.54, 1.807) is 12.5 Å². The van der Waals surface area contributed by atoms with E-state index in [4.69, 9.17) is 4.74 Å². The highest BCUT2D eigenvalue weighted by molar-refractivity contribution is 5.83. The van der Waals surface area contributed by atoms with Crippen LogP contribution in [0.5, 0.6) is 0 Å². The van der Waals surface area contributed by atoms with Gasteiger partial charge in [-0.25, -0.2) is 4.98 Å². The Bertz CT molecular complexity index is 488. The lowest BCUT2D eigenvalue weighted by Crippen LogP contribution is -2.20. The summed E-state index contributed by atoms with van der Waals surface area (Å²) in [4.78, 5) is 8.40. The molecule has 0 saturated heterocycles. The smallest absolute Gasteiger partial charge is 0.115 e. The van der Waals surface area contributed by atoms with Crippen LogP contribution in [0, 0.1) is 0 Å². The van der Waals surface area contributed by atoms with Gasteiger partial charge in [0, 0.05) is 17.0 Å². The Labute approximate surface area is 68.7 Å². The molecule has 0 aliphatic carbocycles. The zero-order chi connectivity index (χ0) is 7.97. The Morgan fingerprint density at radius 2 is 2.42 bits per heavy atom. The van der Waals surface area contributed by atoms with E-state index in [0.29, 0.717) is 6.61 Å². The second-order valence-electron chi connectivity index (χ2n) is 2.84. The molecule has 0 aromatic carbocycles. The first-order valence-electron chi connectivity index (χ1n) is 3.78. The molecule has 58 valence electrons. The molecule has 3 nitrogen and oxygen atoms in total. The Kier molecular flexibility index (Phi) is 0.961. The lowest BCUT2D eigenvalue weighted by molar-refractivity contribution is 0.297. The van der Waals surface area contributed by atoms with E-state index < -0.39 is 0 Å². The lowest BCUT2D eigenvalue weighted by atomic mass is 10.2. The zero-order valence-corrected chi connectivity index (χ0v) is 6.32. The van der Waals surface area contributed by atoms with Crippen molar-refractivity contribution in [3.63, 3.8) is 0 Å². The number of pyridine rings is 1. The zero-order valence-electron chi connectivity index (χ0n) is 6.32. The minimum Gasteiger partial charge on any atom is -0.494 e. The van der Waals surface area contributed by atoms with E-state index in [2.05, 4.69) is 16.0 Å². The number of aromatic nitrogens is 1. The molecule has 2 aliphatic rings. The van der Waals surface area contributed by atoms with E-state index in [-0.39, 0.29) is 0 Å². The van der Waals surface area contributed by atoms with Gasteiger partial charge < -0.3 is 4.74 Å². The summed E-state index contributed by atoms with van der Waals surface area (Å²) >= 11 is 0. The van der Waals surface area contributed by atoms with Crippen LogP contribution in [0.4, 0.5) is 0 Å². The molecule has 2 aliphatic heterocycles. The number of aliphatic imine (C=N–C) groups is 1. The van der Waals surface area contributed by atoms with Gasteiger partial charge in [0.15, 0.2) is 0 Å². The van der Waals surface area contributed by atoms with Crippen molar-refractivity contribution in [1.82, 2.24) is 4.98 Å². The number of nitrogens with zero attached hydrogens (tertiary/aromatic N) is 2. The molecule has 0 fully saturated rings. The molecule has 0 bridgehead atoms. The monoisotopic (exact) mass is 158 g/mol. The summed E-state index contributed by atoms with van der Waals surface area (Å²) in [6.07, 6.45) is 5.28. The number of hydrogen-bond donors (Lipinski definition) is 0. The third-order valence-corrected chi connectivity index (χ3v) is 2.04. The molecule has 0 atom stereocenters. The van der Waals surface area contributed by atoms with E-state index in [1.165, 1.54) is 0 Å². The molecule has 0 N–H and O–H groups in total. The standard InChI is InChI=1S/C9H6N2O/c1-6-2-10-3-8(6)11-9-5-12-4-7(1)9/h1-3,5H,4H2. The highest BCUT2D eigenvalue weighted by Crippen LogP contribution is 2.00. The highest BCUT2D eigenvalue weighted by atomic mass is 16.5. The van der Waals surface area contributed by atoms with E-state index in [0.717, 1.165) is 21.8 Å². The number of hydrogen-bond acceptors (Lipinski definition) is 3. The van der Waals surface area contributed by atoms with Gasteiger partial charge in [0.1, 0.15) is 18.2 Å². The second-order valence-corrected chi connectivity index (χ2v) is 2.84. The minimum atomic E-state index is 0.642. The topological polar surface area (TPSA) is 34.5 Å². The number of fused-ring (bicyclic) bond motifs is 2. The SMILES string of the molecule is C1=NC=c2cc3c(nc21)=COC3. The van der Waals surface area contributed by atoms with Crippen molar-refractivity contribution >= 4 is 18.7 Å². The van der Waals surface area contributed by atoms with Gasteiger partial charge in [-0.3, -0.25) is 4.99 Å². The number of rotatable bonds is 0. The fourth-order valence-corrected chi connectivity index (χ4v) is 1.42. The normalized spacial score (nSPS) is 16.0. The van der Waals surface area contributed by atoms with Crippen molar-refractivity contribution in [2.45, 2.75) is 6.61 Å². The molecule has 12 heavy (non-hydrogen) atoms. The highest BCUT2D eigenvalue weighted by Gasteiger charge is 2.08. The Morgan fingerprint density at radius 3 is 3.42 bits per heavy atom. The van der Waals surface area contributed by atoms with Crippen molar-refractivity contribution in [3.8, 4) is 0 Å². The van der Waals surface area contributed by atoms with Gasteiger partial charge in [-0.05, 0) is 6.07 Å². The predicted octanol–water partition coefficient (Wildman–Crippen LogP) is -0.480. The Hall–Kier alpha value is -1.64. The summed E-state index contributed by atoms with van der Waals surface area (Å²) < 4.78 is 5.15. The van der Waals surface area contributed by atoms with Crippen molar-refractivity contribution in [1.29, 1.82) is 0 Å². The van der Waals surface area contributed by atoms with Crippen LogP contribution < -0.4 is 10.6 Å². The summed E-state index contributed by atoms with van der Waals surface area (Å²) in [6, 6.07) is 2.08. The summed E-state index contributed by atoms with van der Waals surface area (Å²) in [6.45, 7) is 0.642. The summed E-state index contributed by atoms with van der Waals surface area (Å²) in [5.41, 5.74) is 2.09. The van der Waals surface area contributed by atoms with Crippen LogP contribution in [0.25, 0.3) is 12.5 Å². The van der Waals surface area contributed by atoms with Gasteiger partial charge in [0.05, 0.1) is 11.9 Å². The first-order valence-corrected chi connectivity index (χ1v) is 3.78. The summed E-state index contributed by atoms with van der Waals surface area (Å²) in [7, 11) is 0. The molecule has 0 amide bonds. The third kappa shape index (κ3) is 0.652. The maximum absolute atomic E-state index is 5.15. The first-order chi connectivity index (χ1) is 5.93. The molecule has 0 spiro atoms. The molecule has 1 aromatic heterocycles. The molecule has 3 rings (SSSR count). The van der Waals surface area contributed by atoms with Crippen molar-refractivity contribution in [2.75, 3.05) is 0 Å². The molecule has 3 heteroatoms. The summed E-state index contributed by atoms with van der Waals surface area (Å²) in [5.74, 6) is 0. The van der Waals surface area contributed by atoms with Gasteiger partial charge in [0.25, 0.3) is 0 Å². The maximum Gasteiger partial charge on any atom is 0.115 e. The maximum atomic E-state index is 5.15. The second kappa shape index (κ2) is 1.94. The average molecular weight is 158 g/mol. The molecule has 1 aromatic rings. The van der Waals surface area contributed by atoms with Crippen LogP contribution in [0.3, 0.4) is 0 Å². The fraction of sp³-hybridized carbons (Fsp3) is 0.111. The first kappa shape index (κ1) is 5.94. The van der Waals surface area contributed by atoms with Gasteiger partial charge in [-0.1, -0.05) is 0 Å². The van der Waals surface area contributed by atoms with Gasteiger partial charge in [0.2, 0.25) is 0 Å². The third-order valence-electron chi connectivity index (χ3n) is 2.04. The molecule has 0 unspecified atom stereocenters. The van der Waals surface area contributed by atoms with Gasteiger partial charge >= 0.3 is 0 Å². The van der Waals surface area contributed by atoms with Crippen LogP contribution in [0.1, 0.15) is 11.3 Å². The molecular weight excluding hydrogens is 152 g/mol. The van der Waals surface area contributed by atoms with E-state index >= 15 is 0 Å². The van der Waals surface area contributed by atoms with Crippen LogP contribution >= 0.6 is 0 Å². The van der Waals surface area contributed by atoms with Crippen molar-refractivity contribution in [2.24, 2.45) is 4.99 Å². The predicted molar refractivity (Wildman–Crippen MR) is 44.8 cm³/mol. The Balaban J connectivity index is 2.45. The van der Waals surface area contributed by atoms with Crippen LogP contribution in [0.2, 0.25) is 0 Å². The summed E-state index contributed by atoms with van der Waals surface area (Å²) in [5, 5.41) is 2.03. The average Bonchev–Trinajstić information content (AvgIpc) is 2.64. The lowest BCUT2D eigenvalue weighted by Gasteiger charge is -1.92. The number of ether oxygens (including phenoxy) is 1. The molecule has 3 heterocycles. The van der Waals surface area contributed by atoms with Gasteiger partial charge in [-0.2, -0.15) is 0 Å². The van der Waals surface area contributed by atoms with Crippen molar-refractivity contribution in [3.05, 3.63) is 27.9 Å². The quantitative estimate of drug-likeness (QED) is 0.511. The van der Waals surface area contributed by atoms with Crippen molar-refractivity contribution < 1.29 is 4.74 Å². The van der Waals surface area contributed by atoms with E-state index in [9.17, 15) is 0 Å². The van der Waals surface area contributed by atoms with Crippen LogP contribution in [-0.4, -0.2) is 11.2 Å². The van der Waals surface area contributed by atoms with E-state index in [1.807, 2.05) is 6.20 Å². The molecular formula is C9H6N2O.